The number of hydrogen-bond acceptors (Lipinski definition) is 3. The van der Waals surface area contributed by atoms with Crippen LogP contribution < -0.4 is 5.32 Å². The molecule has 1 saturated heterocycles. The molecule has 0 atom stereocenters. The molecule has 1 aliphatic rings. The first kappa shape index (κ1) is 20.4. The van der Waals surface area contributed by atoms with E-state index in [0.717, 1.165) is 45.8 Å². The van der Waals surface area contributed by atoms with Crippen LogP contribution in [0.2, 0.25) is 0 Å². The van der Waals surface area contributed by atoms with Crippen molar-refractivity contribution in [3.63, 3.8) is 0 Å². The van der Waals surface area contributed by atoms with Gasteiger partial charge in [-0.2, -0.15) is 0 Å². The number of nitrogens with zero attached hydrogens (tertiary/aromatic N) is 2. The van der Waals surface area contributed by atoms with E-state index in [9.17, 15) is 4.79 Å². The van der Waals surface area contributed by atoms with Crippen molar-refractivity contribution in [1.29, 1.82) is 0 Å². The quantitative estimate of drug-likeness (QED) is 0.528. The summed E-state index contributed by atoms with van der Waals surface area (Å²) >= 11 is 0. The maximum absolute atomic E-state index is 12.3. The Morgan fingerprint density at radius 1 is 0.870 bits per heavy atom. The number of rotatable bonds is 13. The van der Waals surface area contributed by atoms with E-state index in [1.165, 1.54) is 51.4 Å². The lowest BCUT2D eigenvalue weighted by Crippen LogP contribution is -2.47. The van der Waals surface area contributed by atoms with Crippen molar-refractivity contribution in [2.75, 3.05) is 45.8 Å². The Labute approximate surface area is 144 Å². The number of nitrogens with one attached hydrogen (secondary N) is 1. The molecule has 1 N–H and O–H groups in total. The molecule has 0 aliphatic carbocycles. The molecular formula is C19H39N3O. The molecule has 136 valence electrons. The van der Waals surface area contributed by atoms with Gasteiger partial charge in [-0.25, -0.2) is 0 Å². The van der Waals surface area contributed by atoms with Crippen LogP contribution in [0.15, 0.2) is 0 Å². The molecule has 23 heavy (non-hydrogen) atoms. The molecular weight excluding hydrogens is 286 g/mol. The van der Waals surface area contributed by atoms with E-state index in [1.807, 2.05) is 4.90 Å². The van der Waals surface area contributed by atoms with Crippen molar-refractivity contribution in [2.24, 2.45) is 0 Å². The molecule has 1 heterocycles. The van der Waals surface area contributed by atoms with E-state index in [1.54, 1.807) is 0 Å². The third-order valence-electron chi connectivity index (χ3n) is 4.73. The molecule has 1 amide bonds. The molecule has 0 unspecified atom stereocenters. The van der Waals surface area contributed by atoms with Gasteiger partial charge in [0.05, 0.1) is 0 Å². The topological polar surface area (TPSA) is 35.6 Å². The monoisotopic (exact) mass is 325 g/mol. The van der Waals surface area contributed by atoms with Crippen LogP contribution in [0.1, 0.15) is 71.6 Å². The van der Waals surface area contributed by atoms with E-state index in [2.05, 4.69) is 24.1 Å². The molecule has 4 heteroatoms. The fourth-order valence-electron chi connectivity index (χ4n) is 3.27. The number of amides is 1. The standard InChI is InChI=1S/C19H39N3O/c1-3-5-6-7-8-9-10-15-21(14-4-2)16-11-19(23)22-17-12-20-13-18-22/h20H,3-18H2,1-2H3. The van der Waals surface area contributed by atoms with Crippen LogP contribution >= 0.6 is 0 Å². The summed E-state index contributed by atoms with van der Waals surface area (Å²) in [7, 11) is 0. The molecule has 0 aromatic carbocycles. The zero-order chi connectivity index (χ0) is 16.8. The fraction of sp³-hybridized carbons (Fsp3) is 0.947. The second-order valence-electron chi connectivity index (χ2n) is 6.84. The van der Waals surface area contributed by atoms with Crippen molar-refractivity contribution in [1.82, 2.24) is 15.1 Å². The summed E-state index contributed by atoms with van der Waals surface area (Å²) in [5.41, 5.74) is 0. The Hall–Kier alpha value is -0.610. The van der Waals surface area contributed by atoms with Crippen molar-refractivity contribution >= 4 is 5.91 Å². The second-order valence-corrected chi connectivity index (χ2v) is 6.84. The number of carbonyl (C=O) groups is 1. The van der Waals surface area contributed by atoms with Crippen molar-refractivity contribution in [3.8, 4) is 0 Å². The minimum atomic E-state index is 0.340. The average Bonchev–Trinajstić information content (AvgIpc) is 2.59. The van der Waals surface area contributed by atoms with E-state index in [4.69, 9.17) is 0 Å². The van der Waals surface area contributed by atoms with Gasteiger partial charge in [0.1, 0.15) is 0 Å². The molecule has 1 aliphatic heterocycles. The summed E-state index contributed by atoms with van der Waals surface area (Å²) < 4.78 is 0. The molecule has 0 spiro atoms. The molecule has 4 nitrogen and oxygen atoms in total. The van der Waals surface area contributed by atoms with Gasteiger partial charge in [-0.1, -0.05) is 52.4 Å². The zero-order valence-electron chi connectivity index (χ0n) is 15.6. The van der Waals surface area contributed by atoms with Crippen LogP contribution in [0.3, 0.4) is 0 Å². The molecule has 0 saturated carbocycles. The predicted molar refractivity (Wildman–Crippen MR) is 98.8 cm³/mol. The third kappa shape index (κ3) is 9.98. The Morgan fingerprint density at radius 3 is 2.17 bits per heavy atom. The lowest BCUT2D eigenvalue weighted by atomic mass is 10.1. The van der Waals surface area contributed by atoms with Crippen molar-refractivity contribution < 1.29 is 4.79 Å². The summed E-state index contributed by atoms with van der Waals surface area (Å²) in [5.74, 6) is 0.340. The summed E-state index contributed by atoms with van der Waals surface area (Å²) in [4.78, 5) is 16.8. The molecule has 0 aromatic heterocycles. The van der Waals surface area contributed by atoms with Crippen LogP contribution in [0.25, 0.3) is 0 Å². The normalized spacial score (nSPS) is 15.3. The Kier molecular flexibility index (Phi) is 12.3. The SMILES string of the molecule is CCCCCCCCCN(CCC)CCC(=O)N1CCNCC1. The smallest absolute Gasteiger partial charge is 0.223 e. The molecule has 0 radical (unpaired) electrons. The highest BCUT2D eigenvalue weighted by molar-refractivity contribution is 5.76. The second kappa shape index (κ2) is 13.8. The minimum absolute atomic E-state index is 0.340. The first-order valence-corrected chi connectivity index (χ1v) is 9.98. The van der Waals surface area contributed by atoms with E-state index >= 15 is 0 Å². The lowest BCUT2D eigenvalue weighted by molar-refractivity contribution is -0.132. The molecule has 1 rings (SSSR count). The first-order chi connectivity index (χ1) is 11.3. The van der Waals surface area contributed by atoms with Gasteiger partial charge in [0.2, 0.25) is 5.91 Å². The maximum atomic E-state index is 12.3. The van der Waals surface area contributed by atoms with Gasteiger partial charge in [-0.05, 0) is 25.9 Å². The van der Waals surface area contributed by atoms with Gasteiger partial charge in [0.25, 0.3) is 0 Å². The predicted octanol–water partition coefficient (Wildman–Crippen LogP) is 3.27. The third-order valence-corrected chi connectivity index (χ3v) is 4.73. The van der Waals surface area contributed by atoms with Crippen LogP contribution in [0.4, 0.5) is 0 Å². The van der Waals surface area contributed by atoms with Crippen LogP contribution in [0, 0.1) is 0 Å². The summed E-state index contributed by atoms with van der Waals surface area (Å²) in [6, 6.07) is 0. The Balaban J connectivity index is 2.11. The maximum Gasteiger partial charge on any atom is 0.223 e. The Bertz CT molecular complexity index is 290. The van der Waals surface area contributed by atoms with Crippen LogP contribution in [-0.4, -0.2) is 61.5 Å². The molecule has 1 fully saturated rings. The van der Waals surface area contributed by atoms with Crippen LogP contribution in [-0.2, 0) is 4.79 Å². The minimum Gasteiger partial charge on any atom is -0.340 e. The van der Waals surface area contributed by atoms with Gasteiger partial charge in [0.15, 0.2) is 0 Å². The number of carbonyl (C=O) groups excluding carboxylic acids is 1. The fourth-order valence-corrected chi connectivity index (χ4v) is 3.27. The van der Waals surface area contributed by atoms with E-state index in [-0.39, 0.29) is 0 Å². The highest BCUT2D eigenvalue weighted by atomic mass is 16.2. The number of unbranched alkanes of at least 4 members (excludes halogenated alkanes) is 6. The molecule has 0 bridgehead atoms. The summed E-state index contributed by atoms with van der Waals surface area (Å²) in [6.07, 6.45) is 11.4. The Morgan fingerprint density at radius 2 is 1.52 bits per heavy atom. The van der Waals surface area contributed by atoms with Crippen LogP contribution in [0.5, 0.6) is 0 Å². The number of piperazine rings is 1. The molecule has 0 aromatic rings. The van der Waals surface area contributed by atoms with Gasteiger partial charge in [0, 0.05) is 39.1 Å². The van der Waals surface area contributed by atoms with Gasteiger partial charge in [-0.15, -0.1) is 0 Å². The zero-order valence-corrected chi connectivity index (χ0v) is 15.6. The van der Waals surface area contributed by atoms with Crippen molar-refractivity contribution in [3.05, 3.63) is 0 Å². The lowest BCUT2D eigenvalue weighted by Gasteiger charge is -2.29. The first-order valence-electron chi connectivity index (χ1n) is 9.98. The number of hydrogen-bond donors (Lipinski definition) is 1. The van der Waals surface area contributed by atoms with Gasteiger partial charge in [-0.3, -0.25) is 4.79 Å². The average molecular weight is 326 g/mol. The van der Waals surface area contributed by atoms with E-state index in [0.29, 0.717) is 12.3 Å². The van der Waals surface area contributed by atoms with E-state index < -0.39 is 0 Å². The summed E-state index contributed by atoms with van der Waals surface area (Å²) in [5, 5.41) is 3.30. The summed E-state index contributed by atoms with van der Waals surface area (Å²) in [6.45, 7) is 11.4. The van der Waals surface area contributed by atoms with Crippen molar-refractivity contribution in [2.45, 2.75) is 71.6 Å². The highest BCUT2D eigenvalue weighted by Gasteiger charge is 2.16. The van der Waals surface area contributed by atoms with Gasteiger partial charge >= 0.3 is 0 Å². The largest absolute Gasteiger partial charge is 0.340 e. The highest BCUT2D eigenvalue weighted by Crippen LogP contribution is 2.08. The van der Waals surface area contributed by atoms with Gasteiger partial charge < -0.3 is 15.1 Å².